The highest BCUT2D eigenvalue weighted by Crippen LogP contribution is 2.23. The van der Waals surface area contributed by atoms with E-state index in [-0.39, 0.29) is 6.54 Å². The minimum atomic E-state index is -0.762. The molecule has 0 spiro atoms. The van der Waals surface area contributed by atoms with Gasteiger partial charge in [0.2, 0.25) is 0 Å². The van der Waals surface area contributed by atoms with Crippen LogP contribution >= 0.6 is 23.2 Å². The highest BCUT2D eigenvalue weighted by atomic mass is 35.5. The summed E-state index contributed by atoms with van der Waals surface area (Å²) in [6.45, 7) is 0.277. The van der Waals surface area contributed by atoms with Crippen molar-refractivity contribution in [2.45, 2.75) is 6.42 Å². The number of methoxy groups -OCH3 is 1. The minimum absolute atomic E-state index is 0.277. The number of para-hydroxylation sites is 2. The van der Waals surface area contributed by atoms with Gasteiger partial charge in [0.1, 0.15) is 5.75 Å². The van der Waals surface area contributed by atoms with Crippen LogP contribution < -0.4 is 15.4 Å². The van der Waals surface area contributed by atoms with Crippen molar-refractivity contribution in [1.29, 1.82) is 0 Å². The van der Waals surface area contributed by atoms with Crippen LogP contribution in [0.5, 0.6) is 5.75 Å². The van der Waals surface area contributed by atoms with E-state index in [4.69, 9.17) is 27.9 Å². The first-order valence-corrected chi connectivity index (χ1v) is 7.93. The van der Waals surface area contributed by atoms with Crippen LogP contribution in [0.2, 0.25) is 10.0 Å². The second-order valence-electron chi connectivity index (χ2n) is 4.90. The second kappa shape index (κ2) is 8.57. The molecule has 0 fully saturated rings. The van der Waals surface area contributed by atoms with E-state index >= 15 is 0 Å². The maximum atomic E-state index is 11.9. The Morgan fingerprint density at radius 2 is 1.83 bits per heavy atom. The van der Waals surface area contributed by atoms with E-state index in [0.29, 0.717) is 27.9 Å². The fourth-order valence-corrected chi connectivity index (χ4v) is 2.55. The summed E-state index contributed by atoms with van der Waals surface area (Å²) in [6.07, 6.45) is 0.490. The van der Waals surface area contributed by atoms with Crippen LogP contribution in [-0.4, -0.2) is 25.5 Å². The molecule has 2 rings (SSSR count). The Kier molecular flexibility index (Phi) is 6.46. The van der Waals surface area contributed by atoms with Crippen molar-refractivity contribution in [1.82, 2.24) is 5.32 Å². The Balaban J connectivity index is 1.87. The molecule has 0 heterocycles. The first kappa shape index (κ1) is 18.1. The van der Waals surface area contributed by atoms with Gasteiger partial charge in [-0.05, 0) is 36.2 Å². The molecule has 0 atom stereocenters. The lowest BCUT2D eigenvalue weighted by Gasteiger charge is -2.10. The van der Waals surface area contributed by atoms with Gasteiger partial charge < -0.3 is 15.4 Å². The van der Waals surface area contributed by atoms with E-state index in [0.717, 1.165) is 5.56 Å². The number of halogens is 2. The molecular weight excluding hydrogens is 351 g/mol. The average molecular weight is 367 g/mol. The van der Waals surface area contributed by atoms with E-state index in [2.05, 4.69) is 10.6 Å². The molecule has 0 unspecified atom stereocenters. The Labute approximate surface area is 149 Å². The summed E-state index contributed by atoms with van der Waals surface area (Å²) in [5, 5.41) is 6.13. The predicted molar refractivity (Wildman–Crippen MR) is 94.8 cm³/mol. The average Bonchev–Trinajstić information content (AvgIpc) is 2.57. The third-order valence-corrected chi connectivity index (χ3v) is 3.84. The molecule has 2 aromatic carbocycles. The predicted octanol–water partition coefficient (Wildman–Crippen LogP) is 3.30. The van der Waals surface area contributed by atoms with Crippen LogP contribution in [0, 0.1) is 0 Å². The molecule has 0 aliphatic rings. The third-order valence-electron chi connectivity index (χ3n) is 3.26. The van der Waals surface area contributed by atoms with E-state index in [1.165, 1.54) is 7.11 Å². The van der Waals surface area contributed by atoms with Gasteiger partial charge in [-0.1, -0.05) is 41.4 Å². The van der Waals surface area contributed by atoms with Gasteiger partial charge in [0.25, 0.3) is 0 Å². The van der Waals surface area contributed by atoms with Crippen molar-refractivity contribution >= 4 is 40.7 Å². The number of anilines is 1. The van der Waals surface area contributed by atoms with E-state index < -0.39 is 11.8 Å². The lowest BCUT2D eigenvalue weighted by molar-refractivity contribution is -0.136. The topological polar surface area (TPSA) is 67.4 Å². The van der Waals surface area contributed by atoms with Crippen LogP contribution in [0.4, 0.5) is 5.69 Å². The van der Waals surface area contributed by atoms with E-state index in [1.807, 2.05) is 0 Å². The van der Waals surface area contributed by atoms with Gasteiger partial charge in [0.05, 0.1) is 12.8 Å². The second-order valence-corrected chi connectivity index (χ2v) is 5.74. The zero-order valence-electron chi connectivity index (χ0n) is 12.9. The van der Waals surface area contributed by atoms with Crippen LogP contribution in [0.25, 0.3) is 0 Å². The number of hydrogen-bond acceptors (Lipinski definition) is 3. The Morgan fingerprint density at radius 3 is 2.54 bits per heavy atom. The molecule has 7 heteroatoms. The van der Waals surface area contributed by atoms with Gasteiger partial charge in [0.15, 0.2) is 0 Å². The van der Waals surface area contributed by atoms with E-state index in [9.17, 15) is 9.59 Å². The summed E-state index contributed by atoms with van der Waals surface area (Å²) in [5.41, 5.74) is 1.27. The number of rotatable bonds is 5. The molecule has 0 bridgehead atoms. The van der Waals surface area contributed by atoms with Crippen molar-refractivity contribution in [3.8, 4) is 5.75 Å². The number of hydrogen-bond donors (Lipinski definition) is 2. The van der Waals surface area contributed by atoms with Gasteiger partial charge in [0, 0.05) is 16.6 Å². The number of carbonyl (C=O) groups is 2. The highest BCUT2D eigenvalue weighted by Gasteiger charge is 2.15. The SMILES string of the molecule is COc1ccccc1NC(=O)C(=O)NCCc1ccc(Cl)cc1Cl. The maximum absolute atomic E-state index is 11.9. The summed E-state index contributed by atoms with van der Waals surface area (Å²) in [5.74, 6) is -1.01. The van der Waals surface area contributed by atoms with Crippen molar-refractivity contribution < 1.29 is 14.3 Å². The summed E-state index contributed by atoms with van der Waals surface area (Å²) in [7, 11) is 1.49. The molecule has 2 N–H and O–H groups in total. The lowest BCUT2D eigenvalue weighted by Crippen LogP contribution is -2.36. The van der Waals surface area contributed by atoms with Crippen LogP contribution in [0.1, 0.15) is 5.56 Å². The molecule has 0 aliphatic heterocycles. The minimum Gasteiger partial charge on any atom is -0.495 e. The van der Waals surface area contributed by atoms with Gasteiger partial charge in [-0.3, -0.25) is 9.59 Å². The smallest absolute Gasteiger partial charge is 0.313 e. The molecule has 0 aromatic heterocycles. The zero-order valence-corrected chi connectivity index (χ0v) is 14.4. The number of nitrogens with one attached hydrogen (secondary N) is 2. The van der Waals surface area contributed by atoms with Crippen LogP contribution in [0.3, 0.4) is 0 Å². The quantitative estimate of drug-likeness (QED) is 0.797. The summed E-state index contributed by atoms with van der Waals surface area (Å²) in [6, 6.07) is 12.0. The van der Waals surface area contributed by atoms with Crippen molar-refractivity contribution in [2.75, 3.05) is 19.0 Å². The molecule has 2 amide bonds. The lowest BCUT2D eigenvalue weighted by atomic mass is 10.1. The summed E-state index contributed by atoms with van der Waals surface area (Å²) in [4.78, 5) is 23.8. The maximum Gasteiger partial charge on any atom is 0.313 e. The first-order valence-electron chi connectivity index (χ1n) is 7.17. The number of carbonyl (C=O) groups excluding carboxylic acids is 2. The van der Waals surface area contributed by atoms with Gasteiger partial charge in [-0.15, -0.1) is 0 Å². The summed E-state index contributed by atoms with van der Waals surface area (Å²) >= 11 is 11.9. The molecule has 0 saturated carbocycles. The molecule has 0 radical (unpaired) electrons. The van der Waals surface area contributed by atoms with Gasteiger partial charge in [-0.2, -0.15) is 0 Å². The number of amides is 2. The van der Waals surface area contributed by atoms with Gasteiger partial charge in [-0.25, -0.2) is 0 Å². The van der Waals surface area contributed by atoms with E-state index in [1.54, 1.807) is 42.5 Å². The largest absolute Gasteiger partial charge is 0.495 e. The highest BCUT2D eigenvalue weighted by molar-refractivity contribution is 6.39. The fourth-order valence-electron chi connectivity index (χ4n) is 2.04. The zero-order chi connectivity index (χ0) is 17.5. The summed E-state index contributed by atoms with van der Waals surface area (Å²) < 4.78 is 5.12. The Hall–Kier alpha value is -2.24. The standard InChI is InChI=1S/C17H16Cl2N2O3/c1-24-15-5-3-2-4-14(15)21-17(23)16(22)20-9-8-11-6-7-12(18)10-13(11)19/h2-7,10H,8-9H2,1H3,(H,20,22)(H,21,23). The molecule has 126 valence electrons. The molecular formula is C17H16Cl2N2O3. The van der Waals surface area contributed by atoms with Crippen molar-refractivity contribution in [2.24, 2.45) is 0 Å². The van der Waals surface area contributed by atoms with Crippen LogP contribution in [-0.2, 0) is 16.0 Å². The monoisotopic (exact) mass is 366 g/mol. The van der Waals surface area contributed by atoms with Gasteiger partial charge >= 0.3 is 11.8 Å². The van der Waals surface area contributed by atoms with Crippen LogP contribution in [0.15, 0.2) is 42.5 Å². The number of benzene rings is 2. The molecule has 0 saturated heterocycles. The molecule has 5 nitrogen and oxygen atoms in total. The third kappa shape index (κ3) is 4.88. The molecule has 24 heavy (non-hydrogen) atoms. The Bertz CT molecular complexity index is 750. The first-order chi connectivity index (χ1) is 11.5. The van der Waals surface area contributed by atoms with Crippen molar-refractivity contribution in [3.05, 3.63) is 58.1 Å². The molecule has 2 aromatic rings. The normalized spacial score (nSPS) is 10.1. The molecule has 0 aliphatic carbocycles. The number of ether oxygens (including phenoxy) is 1. The van der Waals surface area contributed by atoms with Crippen molar-refractivity contribution in [3.63, 3.8) is 0 Å². The fraction of sp³-hybridized carbons (Fsp3) is 0.176. The Morgan fingerprint density at radius 1 is 1.08 bits per heavy atom.